The fraction of sp³-hybridized carbons (Fsp3) is 0.500. The van der Waals surface area contributed by atoms with Gasteiger partial charge in [-0.05, 0) is 25.1 Å². The van der Waals surface area contributed by atoms with Gasteiger partial charge in [-0.15, -0.1) is 0 Å². The van der Waals surface area contributed by atoms with Crippen molar-refractivity contribution in [3.05, 3.63) is 24.0 Å². The molecule has 1 aromatic heterocycles. The van der Waals surface area contributed by atoms with Crippen molar-refractivity contribution in [2.24, 2.45) is 0 Å². The highest BCUT2D eigenvalue weighted by molar-refractivity contribution is 7.89. The molecule has 0 unspecified atom stereocenters. The van der Waals surface area contributed by atoms with Crippen molar-refractivity contribution >= 4 is 10.0 Å². The maximum absolute atomic E-state index is 12.9. The summed E-state index contributed by atoms with van der Waals surface area (Å²) in [7, 11) is -3.62. The second-order valence-electron chi connectivity index (χ2n) is 5.48. The summed E-state index contributed by atoms with van der Waals surface area (Å²) in [4.78, 5) is 4.46. The Bertz CT molecular complexity index is 828. The van der Waals surface area contributed by atoms with Gasteiger partial charge in [-0.25, -0.2) is 8.42 Å². The Balaban J connectivity index is 2.02. The van der Waals surface area contributed by atoms with Crippen molar-refractivity contribution < 1.29 is 22.4 Å². The number of hydrogen-bond donors (Lipinski definition) is 0. The van der Waals surface area contributed by atoms with Crippen LogP contribution in [0, 0.1) is 0 Å². The van der Waals surface area contributed by atoms with Crippen LogP contribution in [-0.4, -0.2) is 55.8 Å². The van der Waals surface area contributed by atoms with E-state index in [9.17, 15) is 8.42 Å². The smallest absolute Gasteiger partial charge is 0.261 e. The van der Waals surface area contributed by atoms with E-state index in [-0.39, 0.29) is 10.8 Å². The molecule has 1 aromatic carbocycles. The highest BCUT2D eigenvalue weighted by atomic mass is 32.2. The van der Waals surface area contributed by atoms with E-state index >= 15 is 0 Å². The second kappa shape index (κ2) is 7.51. The molecular weight excluding hydrogens is 346 g/mol. The number of hydrogen-bond acceptors (Lipinski definition) is 7. The van der Waals surface area contributed by atoms with Crippen LogP contribution in [0.4, 0.5) is 0 Å². The number of ether oxygens (including phenoxy) is 2. The van der Waals surface area contributed by atoms with Crippen molar-refractivity contribution in [1.82, 2.24) is 14.4 Å². The van der Waals surface area contributed by atoms with Gasteiger partial charge in [0.25, 0.3) is 5.89 Å². The molecule has 0 saturated carbocycles. The minimum absolute atomic E-state index is 0.170. The summed E-state index contributed by atoms with van der Waals surface area (Å²) >= 11 is 0. The van der Waals surface area contributed by atoms with E-state index in [2.05, 4.69) is 10.1 Å². The molecule has 1 aliphatic rings. The van der Waals surface area contributed by atoms with E-state index in [1.807, 2.05) is 13.8 Å². The molecule has 8 nitrogen and oxygen atoms in total. The molecule has 0 aliphatic carbocycles. The number of aryl methyl sites for hydroxylation is 1. The number of rotatable bonds is 6. The van der Waals surface area contributed by atoms with Gasteiger partial charge in [0.05, 0.1) is 30.3 Å². The first kappa shape index (κ1) is 17.8. The van der Waals surface area contributed by atoms with Gasteiger partial charge in [-0.2, -0.15) is 9.29 Å². The standard InChI is InChI=1S/C16H21N3O5S/c1-3-15-17-16(24-18-15)13-11-12(5-6-14(13)23-4-2)25(20,21)19-7-9-22-10-8-19/h5-6,11H,3-4,7-10H2,1-2H3. The van der Waals surface area contributed by atoms with E-state index in [0.717, 1.165) is 0 Å². The molecule has 9 heteroatoms. The topological polar surface area (TPSA) is 94.8 Å². The van der Waals surface area contributed by atoms with Crippen LogP contribution >= 0.6 is 0 Å². The predicted octanol–water partition coefficient (Wildman–Crippen LogP) is 1.72. The molecule has 25 heavy (non-hydrogen) atoms. The largest absolute Gasteiger partial charge is 0.493 e. The Kier molecular flexibility index (Phi) is 5.36. The minimum Gasteiger partial charge on any atom is -0.493 e. The molecule has 1 aliphatic heterocycles. The summed E-state index contributed by atoms with van der Waals surface area (Å²) in [5.74, 6) is 1.31. The van der Waals surface area contributed by atoms with E-state index in [4.69, 9.17) is 14.0 Å². The second-order valence-corrected chi connectivity index (χ2v) is 7.41. The van der Waals surface area contributed by atoms with Gasteiger partial charge in [0.2, 0.25) is 10.0 Å². The minimum atomic E-state index is -3.62. The Morgan fingerprint density at radius 3 is 2.64 bits per heavy atom. The molecular formula is C16H21N3O5S. The van der Waals surface area contributed by atoms with Gasteiger partial charge in [0.1, 0.15) is 5.75 Å². The normalized spacial score (nSPS) is 16.1. The zero-order valence-corrected chi connectivity index (χ0v) is 15.1. The first-order valence-electron chi connectivity index (χ1n) is 8.24. The van der Waals surface area contributed by atoms with Crippen LogP contribution in [0.1, 0.15) is 19.7 Å². The molecule has 3 rings (SSSR count). The Morgan fingerprint density at radius 1 is 1.24 bits per heavy atom. The van der Waals surface area contributed by atoms with Crippen molar-refractivity contribution in [2.75, 3.05) is 32.9 Å². The monoisotopic (exact) mass is 367 g/mol. The van der Waals surface area contributed by atoms with Crippen LogP contribution in [0.2, 0.25) is 0 Å². The van der Waals surface area contributed by atoms with Gasteiger partial charge in [0, 0.05) is 19.5 Å². The number of sulfonamides is 1. The van der Waals surface area contributed by atoms with Gasteiger partial charge >= 0.3 is 0 Å². The summed E-state index contributed by atoms with van der Waals surface area (Å²) in [6.45, 7) is 5.68. The maximum atomic E-state index is 12.9. The van der Waals surface area contributed by atoms with Crippen LogP contribution in [0.15, 0.2) is 27.6 Å². The molecule has 0 N–H and O–H groups in total. The van der Waals surface area contributed by atoms with E-state index < -0.39 is 10.0 Å². The lowest BCUT2D eigenvalue weighted by Crippen LogP contribution is -2.40. The van der Waals surface area contributed by atoms with Crippen LogP contribution in [0.5, 0.6) is 5.75 Å². The Hall–Kier alpha value is -1.97. The lowest BCUT2D eigenvalue weighted by molar-refractivity contribution is 0.0730. The predicted molar refractivity (Wildman–Crippen MR) is 89.9 cm³/mol. The third kappa shape index (κ3) is 3.68. The quantitative estimate of drug-likeness (QED) is 0.767. The zero-order valence-electron chi connectivity index (χ0n) is 14.3. The van der Waals surface area contributed by atoms with Gasteiger partial charge in [0.15, 0.2) is 5.82 Å². The summed E-state index contributed by atoms with van der Waals surface area (Å²) in [5.41, 5.74) is 0.475. The van der Waals surface area contributed by atoms with Crippen molar-refractivity contribution in [1.29, 1.82) is 0 Å². The first-order valence-corrected chi connectivity index (χ1v) is 9.68. The van der Waals surface area contributed by atoms with Crippen molar-refractivity contribution in [3.63, 3.8) is 0 Å². The molecule has 136 valence electrons. The van der Waals surface area contributed by atoms with Crippen LogP contribution < -0.4 is 4.74 Å². The fourth-order valence-electron chi connectivity index (χ4n) is 2.56. The van der Waals surface area contributed by atoms with Crippen LogP contribution in [0.3, 0.4) is 0 Å². The van der Waals surface area contributed by atoms with Crippen molar-refractivity contribution in [2.45, 2.75) is 25.2 Å². The van der Waals surface area contributed by atoms with Gasteiger partial charge < -0.3 is 14.0 Å². The third-order valence-electron chi connectivity index (χ3n) is 3.87. The average molecular weight is 367 g/mol. The molecule has 2 heterocycles. The van der Waals surface area contributed by atoms with Crippen molar-refractivity contribution in [3.8, 4) is 17.2 Å². The average Bonchev–Trinajstić information content (AvgIpc) is 3.12. The van der Waals surface area contributed by atoms with Gasteiger partial charge in [-0.3, -0.25) is 0 Å². The molecule has 0 bridgehead atoms. The van der Waals surface area contributed by atoms with E-state index in [1.54, 1.807) is 6.07 Å². The zero-order chi connectivity index (χ0) is 17.9. The lowest BCUT2D eigenvalue weighted by Gasteiger charge is -2.26. The molecule has 1 fully saturated rings. The SMILES string of the molecule is CCOc1ccc(S(=O)(=O)N2CCOCC2)cc1-c1nc(CC)no1. The Morgan fingerprint density at radius 2 is 2.00 bits per heavy atom. The highest BCUT2D eigenvalue weighted by Gasteiger charge is 2.28. The fourth-order valence-corrected chi connectivity index (χ4v) is 4.00. The molecule has 1 saturated heterocycles. The van der Waals surface area contributed by atoms with Crippen LogP contribution in [-0.2, 0) is 21.2 Å². The molecule has 2 aromatic rings. The number of nitrogens with zero attached hydrogens (tertiary/aromatic N) is 3. The molecule has 0 spiro atoms. The van der Waals surface area contributed by atoms with E-state index in [0.29, 0.717) is 56.5 Å². The first-order chi connectivity index (χ1) is 12.1. The molecule has 0 atom stereocenters. The third-order valence-corrected chi connectivity index (χ3v) is 5.77. The van der Waals surface area contributed by atoms with Gasteiger partial charge in [-0.1, -0.05) is 12.1 Å². The highest BCUT2D eigenvalue weighted by Crippen LogP contribution is 2.32. The Labute approximate surface area is 146 Å². The summed E-state index contributed by atoms with van der Waals surface area (Å²) in [5, 5.41) is 3.88. The lowest BCUT2D eigenvalue weighted by atomic mass is 10.2. The summed E-state index contributed by atoms with van der Waals surface area (Å²) in [6.07, 6.45) is 0.624. The number of benzene rings is 1. The van der Waals surface area contributed by atoms with Crippen LogP contribution in [0.25, 0.3) is 11.5 Å². The molecule has 0 radical (unpaired) electrons. The van der Waals surface area contributed by atoms with E-state index in [1.165, 1.54) is 16.4 Å². The summed E-state index contributed by atoms with van der Waals surface area (Å²) < 4.78 is 43.2. The summed E-state index contributed by atoms with van der Waals surface area (Å²) in [6, 6.07) is 4.70. The molecule has 0 amide bonds. The maximum Gasteiger partial charge on any atom is 0.261 e. The number of aromatic nitrogens is 2. The number of morpholine rings is 1.